The Bertz CT molecular complexity index is 799. The number of ether oxygens (including phenoxy) is 1. The first-order valence-electron chi connectivity index (χ1n) is 9.64. The molecule has 2 aromatic rings. The SMILES string of the molecule is Cc1cccc(CCC(=O)Nc2ccc(NC(=O)CN3CCOCC3)cc2)c1. The van der Waals surface area contributed by atoms with E-state index in [4.69, 9.17) is 4.74 Å². The zero-order valence-corrected chi connectivity index (χ0v) is 16.2. The summed E-state index contributed by atoms with van der Waals surface area (Å²) in [6.07, 6.45) is 1.14. The number of nitrogens with one attached hydrogen (secondary N) is 2. The molecule has 1 saturated heterocycles. The van der Waals surface area contributed by atoms with Crippen LogP contribution < -0.4 is 10.6 Å². The maximum atomic E-state index is 12.2. The van der Waals surface area contributed by atoms with Gasteiger partial charge in [-0.2, -0.15) is 0 Å². The number of anilines is 2. The van der Waals surface area contributed by atoms with Crippen LogP contribution in [0.2, 0.25) is 0 Å². The van der Waals surface area contributed by atoms with Gasteiger partial charge in [0.15, 0.2) is 0 Å². The summed E-state index contributed by atoms with van der Waals surface area (Å²) in [5.74, 6) is -0.0672. The van der Waals surface area contributed by atoms with E-state index in [9.17, 15) is 9.59 Å². The minimum Gasteiger partial charge on any atom is -0.379 e. The highest BCUT2D eigenvalue weighted by Gasteiger charge is 2.14. The Hall–Kier alpha value is -2.70. The molecule has 6 heteroatoms. The Morgan fingerprint density at radius 3 is 2.25 bits per heavy atom. The molecule has 2 amide bonds. The molecule has 2 aromatic carbocycles. The van der Waals surface area contributed by atoms with Gasteiger partial charge in [-0.1, -0.05) is 29.8 Å². The first-order valence-corrected chi connectivity index (χ1v) is 9.64. The van der Waals surface area contributed by atoms with Gasteiger partial charge < -0.3 is 15.4 Å². The standard InChI is InChI=1S/C22H27N3O3/c1-17-3-2-4-18(15-17)5-10-21(26)23-19-6-8-20(9-7-19)24-22(27)16-25-11-13-28-14-12-25/h2-4,6-9,15H,5,10-14,16H2,1H3,(H,23,26)(H,24,27). The first-order chi connectivity index (χ1) is 13.6. The van der Waals surface area contributed by atoms with Crippen LogP contribution in [0.25, 0.3) is 0 Å². The summed E-state index contributed by atoms with van der Waals surface area (Å²) in [6, 6.07) is 15.4. The molecule has 1 aliphatic heterocycles. The molecule has 0 radical (unpaired) electrons. The second-order valence-corrected chi connectivity index (χ2v) is 7.05. The molecule has 0 aromatic heterocycles. The Balaban J connectivity index is 1.43. The predicted octanol–water partition coefficient (Wildman–Crippen LogP) is 2.84. The molecule has 0 atom stereocenters. The van der Waals surface area contributed by atoms with Crippen molar-refractivity contribution in [3.63, 3.8) is 0 Å². The lowest BCUT2D eigenvalue weighted by molar-refractivity contribution is -0.118. The molecule has 148 valence electrons. The van der Waals surface area contributed by atoms with Gasteiger partial charge in [-0.25, -0.2) is 0 Å². The van der Waals surface area contributed by atoms with Gasteiger partial charge in [0.05, 0.1) is 19.8 Å². The van der Waals surface area contributed by atoms with E-state index in [2.05, 4.69) is 21.6 Å². The molecule has 28 heavy (non-hydrogen) atoms. The van der Waals surface area contributed by atoms with E-state index in [-0.39, 0.29) is 11.8 Å². The Morgan fingerprint density at radius 2 is 1.61 bits per heavy atom. The van der Waals surface area contributed by atoms with E-state index < -0.39 is 0 Å². The topological polar surface area (TPSA) is 70.7 Å². The number of benzene rings is 2. The first kappa shape index (κ1) is 20.0. The summed E-state index contributed by atoms with van der Waals surface area (Å²) in [6.45, 7) is 5.31. The molecule has 0 spiro atoms. The summed E-state index contributed by atoms with van der Waals surface area (Å²) in [7, 11) is 0. The molecule has 1 heterocycles. The average molecular weight is 381 g/mol. The van der Waals surface area contributed by atoms with Gasteiger partial charge in [-0.3, -0.25) is 14.5 Å². The van der Waals surface area contributed by atoms with Crippen LogP contribution in [0, 0.1) is 6.92 Å². The van der Waals surface area contributed by atoms with Gasteiger partial charge in [-0.15, -0.1) is 0 Å². The maximum Gasteiger partial charge on any atom is 0.238 e. The van der Waals surface area contributed by atoms with Crippen LogP contribution in [0.4, 0.5) is 11.4 Å². The highest BCUT2D eigenvalue weighted by molar-refractivity contribution is 5.93. The summed E-state index contributed by atoms with van der Waals surface area (Å²) >= 11 is 0. The van der Waals surface area contributed by atoms with Crippen molar-refractivity contribution >= 4 is 23.2 Å². The van der Waals surface area contributed by atoms with E-state index in [1.165, 1.54) is 5.56 Å². The number of carbonyl (C=O) groups excluding carboxylic acids is 2. The highest BCUT2D eigenvalue weighted by Crippen LogP contribution is 2.15. The molecule has 3 rings (SSSR count). The summed E-state index contributed by atoms with van der Waals surface area (Å²) in [5.41, 5.74) is 3.80. The van der Waals surface area contributed by atoms with Crippen molar-refractivity contribution in [2.45, 2.75) is 19.8 Å². The normalized spacial score (nSPS) is 14.5. The Morgan fingerprint density at radius 1 is 0.964 bits per heavy atom. The van der Waals surface area contributed by atoms with Crippen LogP contribution in [0.15, 0.2) is 48.5 Å². The zero-order valence-electron chi connectivity index (χ0n) is 16.2. The molecule has 6 nitrogen and oxygen atoms in total. The third-order valence-corrected chi connectivity index (χ3v) is 4.65. The van der Waals surface area contributed by atoms with Crippen molar-refractivity contribution in [1.82, 2.24) is 4.90 Å². The van der Waals surface area contributed by atoms with Crippen molar-refractivity contribution < 1.29 is 14.3 Å². The summed E-state index contributed by atoms with van der Waals surface area (Å²) < 4.78 is 5.28. The summed E-state index contributed by atoms with van der Waals surface area (Å²) in [4.78, 5) is 26.4. The highest BCUT2D eigenvalue weighted by atomic mass is 16.5. The van der Waals surface area contributed by atoms with Crippen molar-refractivity contribution in [1.29, 1.82) is 0 Å². The van der Waals surface area contributed by atoms with E-state index in [1.807, 2.05) is 25.1 Å². The lowest BCUT2D eigenvalue weighted by atomic mass is 10.1. The Kier molecular flexibility index (Phi) is 7.17. The quantitative estimate of drug-likeness (QED) is 0.774. The second-order valence-electron chi connectivity index (χ2n) is 7.05. The van der Waals surface area contributed by atoms with Crippen LogP contribution in [-0.2, 0) is 20.7 Å². The van der Waals surface area contributed by atoms with Crippen molar-refractivity contribution in [3.8, 4) is 0 Å². The molecule has 0 aliphatic carbocycles. The van der Waals surface area contributed by atoms with Gasteiger partial charge in [-0.05, 0) is 43.2 Å². The summed E-state index contributed by atoms with van der Waals surface area (Å²) in [5, 5.41) is 5.79. The number of hydrogen-bond acceptors (Lipinski definition) is 4. The maximum absolute atomic E-state index is 12.2. The number of rotatable bonds is 7. The van der Waals surface area contributed by atoms with E-state index >= 15 is 0 Å². The fraction of sp³-hybridized carbons (Fsp3) is 0.364. The third-order valence-electron chi connectivity index (χ3n) is 4.65. The number of hydrogen-bond donors (Lipinski definition) is 2. The van der Waals surface area contributed by atoms with Gasteiger partial charge in [0, 0.05) is 30.9 Å². The number of morpholine rings is 1. The second kappa shape index (κ2) is 10.0. The van der Waals surface area contributed by atoms with Gasteiger partial charge in [0.25, 0.3) is 0 Å². The van der Waals surface area contributed by atoms with Crippen molar-refractivity contribution in [2.75, 3.05) is 43.5 Å². The number of amides is 2. The van der Waals surface area contributed by atoms with E-state index in [1.54, 1.807) is 24.3 Å². The largest absolute Gasteiger partial charge is 0.379 e. The van der Waals surface area contributed by atoms with Crippen molar-refractivity contribution in [3.05, 3.63) is 59.7 Å². The molecular weight excluding hydrogens is 354 g/mol. The van der Waals surface area contributed by atoms with Gasteiger partial charge >= 0.3 is 0 Å². The number of carbonyl (C=O) groups is 2. The van der Waals surface area contributed by atoms with Crippen LogP contribution >= 0.6 is 0 Å². The fourth-order valence-electron chi connectivity index (χ4n) is 3.15. The molecule has 0 bridgehead atoms. The third kappa shape index (κ3) is 6.48. The van der Waals surface area contributed by atoms with Crippen molar-refractivity contribution in [2.24, 2.45) is 0 Å². The number of aryl methyl sites for hydroxylation is 2. The molecule has 1 fully saturated rings. The van der Waals surface area contributed by atoms with E-state index in [0.717, 1.165) is 30.0 Å². The monoisotopic (exact) mass is 381 g/mol. The predicted molar refractivity (Wildman–Crippen MR) is 110 cm³/mol. The van der Waals surface area contributed by atoms with Gasteiger partial charge in [0.2, 0.25) is 11.8 Å². The molecule has 2 N–H and O–H groups in total. The van der Waals surface area contributed by atoms with Crippen LogP contribution in [0.5, 0.6) is 0 Å². The minimum absolute atomic E-state index is 0.0226. The van der Waals surface area contributed by atoms with Crippen LogP contribution in [0.3, 0.4) is 0 Å². The molecular formula is C22H27N3O3. The van der Waals surface area contributed by atoms with Crippen LogP contribution in [-0.4, -0.2) is 49.6 Å². The number of nitrogens with zero attached hydrogens (tertiary/aromatic N) is 1. The Labute approximate surface area is 165 Å². The molecule has 0 unspecified atom stereocenters. The van der Waals surface area contributed by atoms with Crippen LogP contribution in [0.1, 0.15) is 17.5 Å². The molecule has 0 saturated carbocycles. The molecule has 1 aliphatic rings. The smallest absolute Gasteiger partial charge is 0.238 e. The lowest BCUT2D eigenvalue weighted by Crippen LogP contribution is -2.41. The minimum atomic E-state index is -0.0446. The average Bonchev–Trinajstić information content (AvgIpc) is 2.69. The lowest BCUT2D eigenvalue weighted by Gasteiger charge is -2.25. The fourth-order valence-corrected chi connectivity index (χ4v) is 3.15. The van der Waals surface area contributed by atoms with Gasteiger partial charge in [0.1, 0.15) is 0 Å². The zero-order chi connectivity index (χ0) is 19.8. The van der Waals surface area contributed by atoms with E-state index in [0.29, 0.717) is 32.6 Å².